The summed E-state index contributed by atoms with van der Waals surface area (Å²) in [5, 5.41) is 12.6. The minimum Gasteiger partial charge on any atom is -0.481 e. The smallest absolute Gasteiger partial charge is 0.304 e. The first-order valence-electron chi connectivity index (χ1n) is 10.8. The van der Waals surface area contributed by atoms with Crippen molar-refractivity contribution < 1.29 is 9.90 Å². The van der Waals surface area contributed by atoms with Crippen molar-refractivity contribution in [1.29, 1.82) is 0 Å². The molecule has 0 aromatic heterocycles. The minimum atomic E-state index is -0.743. The van der Waals surface area contributed by atoms with E-state index in [0.717, 1.165) is 57.1 Å². The van der Waals surface area contributed by atoms with Gasteiger partial charge in [0.1, 0.15) is 0 Å². The zero-order valence-electron chi connectivity index (χ0n) is 17.5. The Kier molecular flexibility index (Phi) is 9.15. The molecule has 6 heteroatoms. The Morgan fingerprint density at radius 1 is 0.933 bits per heavy atom. The van der Waals surface area contributed by atoms with Gasteiger partial charge in [0.05, 0.1) is 12.5 Å². The highest BCUT2D eigenvalue weighted by Crippen LogP contribution is 2.30. The van der Waals surface area contributed by atoms with E-state index in [1.165, 1.54) is 11.1 Å². The number of carbonyl (C=O) groups is 1. The summed E-state index contributed by atoms with van der Waals surface area (Å²) < 4.78 is 0. The molecule has 0 aliphatic carbocycles. The molecule has 1 aliphatic heterocycles. The van der Waals surface area contributed by atoms with Crippen LogP contribution in [0.15, 0.2) is 54.6 Å². The summed E-state index contributed by atoms with van der Waals surface area (Å²) in [7, 11) is 0. The normalized spacial score (nSPS) is 16.4. The van der Waals surface area contributed by atoms with Crippen LogP contribution in [0, 0.1) is 0 Å². The van der Waals surface area contributed by atoms with Crippen molar-refractivity contribution in [2.75, 3.05) is 45.8 Å². The summed E-state index contributed by atoms with van der Waals surface area (Å²) in [6, 6.07) is 19.2. The fraction of sp³-hybridized carbons (Fsp3) is 0.458. The van der Waals surface area contributed by atoms with Crippen molar-refractivity contribution in [2.45, 2.75) is 25.3 Å². The van der Waals surface area contributed by atoms with E-state index in [1.54, 1.807) is 0 Å². The molecule has 0 saturated carbocycles. The van der Waals surface area contributed by atoms with Gasteiger partial charge in [0.15, 0.2) is 0 Å². The van der Waals surface area contributed by atoms with Crippen molar-refractivity contribution in [3.05, 3.63) is 70.7 Å². The van der Waals surface area contributed by atoms with Crippen LogP contribution in [-0.4, -0.2) is 66.7 Å². The quantitative estimate of drug-likeness (QED) is 0.531. The predicted molar refractivity (Wildman–Crippen MR) is 122 cm³/mol. The predicted octanol–water partition coefficient (Wildman–Crippen LogP) is 3.89. The van der Waals surface area contributed by atoms with Gasteiger partial charge in [0.2, 0.25) is 0 Å². The number of piperazine rings is 1. The van der Waals surface area contributed by atoms with Crippen molar-refractivity contribution in [1.82, 2.24) is 15.1 Å². The van der Waals surface area contributed by atoms with Crippen LogP contribution in [0.1, 0.15) is 36.4 Å². The van der Waals surface area contributed by atoms with Gasteiger partial charge in [0, 0.05) is 37.7 Å². The molecule has 162 valence electrons. The molecule has 0 spiro atoms. The highest BCUT2D eigenvalue weighted by Gasteiger charge is 2.26. The second-order valence-corrected chi connectivity index (χ2v) is 8.28. The lowest BCUT2D eigenvalue weighted by molar-refractivity contribution is -0.136. The van der Waals surface area contributed by atoms with Crippen LogP contribution in [0.3, 0.4) is 0 Å². The molecule has 1 fully saturated rings. The minimum absolute atomic E-state index is 0.193. The van der Waals surface area contributed by atoms with Gasteiger partial charge >= 0.3 is 5.97 Å². The SMILES string of the molecule is O=C(O)CCNCCCCN1CCN([C@H](c2ccccc2)c2ccc(Cl)cc2)CC1. The number of aliphatic carboxylic acids is 1. The van der Waals surface area contributed by atoms with Crippen LogP contribution >= 0.6 is 11.6 Å². The highest BCUT2D eigenvalue weighted by atomic mass is 35.5. The molecule has 3 rings (SSSR count). The van der Waals surface area contributed by atoms with E-state index in [2.05, 4.69) is 57.6 Å². The maximum absolute atomic E-state index is 10.5. The Hall–Kier alpha value is -1.92. The summed E-state index contributed by atoms with van der Waals surface area (Å²) in [6.07, 6.45) is 2.41. The molecular formula is C24H32ClN3O2. The van der Waals surface area contributed by atoms with Gasteiger partial charge in [-0.1, -0.05) is 54.1 Å². The maximum Gasteiger partial charge on any atom is 0.304 e. The number of carboxylic acids is 1. The average molecular weight is 430 g/mol. The number of halogens is 1. The van der Waals surface area contributed by atoms with Crippen molar-refractivity contribution in [3.63, 3.8) is 0 Å². The van der Waals surface area contributed by atoms with E-state index in [0.29, 0.717) is 6.54 Å². The molecule has 2 aromatic carbocycles. The van der Waals surface area contributed by atoms with Crippen molar-refractivity contribution in [3.8, 4) is 0 Å². The topological polar surface area (TPSA) is 55.8 Å². The lowest BCUT2D eigenvalue weighted by Crippen LogP contribution is -2.48. The molecule has 1 aliphatic rings. The highest BCUT2D eigenvalue weighted by molar-refractivity contribution is 6.30. The number of benzene rings is 2. The fourth-order valence-electron chi connectivity index (χ4n) is 4.05. The summed E-state index contributed by atoms with van der Waals surface area (Å²) in [5.74, 6) is -0.743. The zero-order valence-corrected chi connectivity index (χ0v) is 18.2. The molecule has 1 atom stereocenters. The maximum atomic E-state index is 10.5. The van der Waals surface area contributed by atoms with Crippen LogP contribution in [0.25, 0.3) is 0 Å². The number of carboxylic acid groups (broad SMARTS) is 1. The third-order valence-corrected chi connectivity index (χ3v) is 5.92. The number of nitrogens with one attached hydrogen (secondary N) is 1. The van der Waals surface area contributed by atoms with E-state index < -0.39 is 5.97 Å². The number of unbranched alkanes of at least 4 members (excludes halogenated alkanes) is 1. The Balaban J connectivity index is 1.48. The van der Waals surface area contributed by atoms with Gasteiger partial charge < -0.3 is 15.3 Å². The number of rotatable bonds is 11. The average Bonchev–Trinajstić information content (AvgIpc) is 2.76. The molecular weight excluding hydrogens is 398 g/mol. The first kappa shape index (κ1) is 22.8. The van der Waals surface area contributed by atoms with Crippen LogP contribution in [-0.2, 0) is 4.79 Å². The standard InChI is InChI=1S/C24H32ClN3O2/c25-22-10-8-21(9-11-22)24(20-6-2-1-3-7-20)28-18-16-27(17-19-28)15-5-4-13-26-14-12-23(29)30/h1-3,6-11,24,26H,4-5,12-19H2,(H,29,30)/t24-/m1/s1. The second-order valence-electron chi connectivity index (χ2n) is 7.84. The lowest BCUT2D eigenvalue weighted by atomic mass is 9.96. The van der Waals surface area contributed by atoms with Crippen LogP contribution < -0.4 is 5.32 Å². The molecule has 0 amide bonds. The summed E-state index contributed by atoms with van der Waals surface area (Å²) in [4.78, 5) is 15.6. The van der Waals surface area contributed by atoms with E-state index in [-0.39, 0.29) is 12.5 Å². The van der Waals surface area contributed by atoms with Gasteiger partial charge in [-0.2, -0.15) is 0 Å². The first-order valence-corrected chi connectivity index (χ1v) is 11.2. The first-order chi connectivity index (χ1) is 14.6. The molecule has 0 radical (unpaired) electrons. The lowest BCUT2D eigenvalue weighted by Gasteiger charge is -2.40. The molecule has 1 saturated heterocycles. The summed E-state index contributed by atoms with van der Waals surface area (Å²) in [5.41, 5.74) is 2.60. The van der Waals surface area contributed by atoms with Crippen LogP contribution in [0.2, 0.25) is 5.02 Å². The summed E-state index contributed by atoms with van der Waals surface area (Å²) >= 11 is 6.12. The van der Waals surface area contributed by atoms with Crippen LogP contribution in [0.4, 0.5) is 0 Å². The van der Waals surface area contributed by atoms with Gasteiger partial charge in [-0.25, -0.2) is 0 Å². The second kappa shape index (κ2) is 12.1. The molecule has 1 heterocycles. The molecule has 5 nitrogen and oxygen atoms in total. The monoisotopic (exact) mass is 429 g/mol. The largest absolute Gasteiger partial charge is 0.481 e. The zero-order chi connectivity index (χ0) is 21.2. The Bertz CT molecular complexity index is 762. The summed E-state index contributed by atoms with van der Waals surface area (Å²) in [6.45, 7) is 6.77. The Morgan fingerprint density at radius 3 is 2.27 bits per heavy atom. The van der Waals surface area contributed by atoms with E-state index in [9.17, 15) is 4.79 Å². The van der Waals surface area contributed by atoms with Crippen molar-refractivity contribution >= 4 is 17.6 Å². The van der Waals surface area contributed by atoms with Crippen LogP contribution in [0.5, 0.6) is 0 Å². The molecule has 2 N–H and O–H groups in total. The van der Waals surface area contributed by atoms with Gasteiger partial charge in [-0.05, 0) is 49.2 Å². The Morgan fingerprint density at radius 2 is 1.60 bits per heavy atom. The van der Waals surface area contributed by atoms with E-state index in [1.807, 2.05) is 12.1 Å². The van der Waals surface area contributed by atoms with Gasteiger partial charge in [-0.15, -0.1) is 0 Å². The molecule has 2 aromatic rings. The molecule has 0 unspecified atom stereocenters. The third-order valence-electron chi connectivity index (χ3n) is 5.67. The number of hydrogen-bond acceptors (Lipinski definition) is 4. The van der Waals surface area contributed by atoms with E-state index in [4.69, 9.17) is 16.7 Å². The van der Waals surface area contributed by atoms with E-state index >= 15 is 0 Å². The van der Waals surface area contributed by atoms with Gasteiger partial charge in [0.25, 0.3) is 0 Å². The molecule has 0 bridgehead atoms. The Labute approximate surface area is 184 Å². The number of nitrogens with zero attached hydrogens (tertiary/aromatic N) is 2. The fourth-order valence-corrected chi connectivity index (χ4v) is 4.17. The number of hydrogen-bond donors (Lipinski definition) is 2. The van der Waals surface area contributed by atoms with Gasteiger partial charge in [-0.3, -0.25) is 9.69 Å². The van der Waals surface area contributed by atoms with Crippen molar-refractivity contribution in [2.24, 2.45) is 0 Å². The molecule has 30 heavy (non-hydrogen) atoms. The third kappa shape index (κ3) is 7.10.